The topological polar surface area (TPSA) is 3.24 Å². The van der Waals surface area contributed by atoms with E-state index in [2.05, 4.69) is 48.0 Å². The Hall–Kier alpha value is -2.28. The fourth-order valence-corrected chi connectivity index (χ4v) is 1.75. The molecule has 2 aromatic carbocycles. The zero-order valence-electron chi connectivity index (χ0n) is 10.4. The standard InChI is InChI=1S/C17H17N/c1-2-14-18(17-11-7-4-8-12-17)15-13-16-9-5-3-6-10-16/h2-13,15H,1,14H2. The quantitative estimate of drug-likeness (QED) is 0.696. The summed E-state index contributed by atoms with van der Waals surface area (Å²) < 4.78 is 0. The van der Waals surface area contributed by atoms with Crippen molar-refractivity contribution >= 4 is 11.8 Å². The highest BCUT2D eigenvalue weighted by atomic mass is 15.1. The maximum absolute atomic E-state index is 3.81. The molecule has 0 radical (unpaired) electrons. The average Bonchev–Trinajstić information content (AvgIpc) is 2.45. The van der Waals surface area contributed by atoms with E-state index in [1.807, 2.05) is 42.5 Å². The number of rotatable bonds is 5. The summed E-state index contributed by atoms with van der Waals surface area (Å²) in [6, 6.07) is 20.6. The summed E-state index contributed by atoms with van der Waals surface area (Å²) in [6.07, 6.45) is 6.10. The second kappa shape index (κ2) is 6.45. The minimum Gasteiger partial charge on any atom is -0.344 e. The molecule has 2 aromatic rings. The summed E-state index contributed by atoms with van der Waals surface area (Å²) in [5.41, 5.74) is 2.37. The Balaban J connectivity index is 2.17. The predicted molar refractivity (Wildman–Crippen MR) is 79.5 cm³/mol. The molecule has 0 amide bonds. The van der Waals surface area contributed by atoms with Gasteiger partial charge in [-0.3, -0.25) is 0 Å². The molecule has 90 valence electrons. The molecule has 2 rings (SSSR count). The highest BCUT2D eigenvalue weighted by molar-refractivity contribution is 5.57. The summed E-state index contributed by atoms with van der Waals surface area (Å²) in [7, 11) is 0. The van der Waals surface area contributed by atoms with E-state index in [1.54, 1.807) is 0 Å². The lowest BCUT2D eigenvalue weighted by Crippen LogP contribution is -2.15. The maximum atomic E-state index is 3.81. The molecular formula is C17H17N. The first kappa shape index (κ1) is 12.2. The van der Waals surface area contributed by atoms with Gasteiger partial charge in [0.1, 0.15) is 0 Å². The van der Waals surface area contributed by atoms with Gasteiger partial charge in [0.25, 0.3) is 0 Å². The van der Waals surface area contributed by atoms with E-state index >= 15 is 0 Å². The zero-order chi connectivity index (χ0) is 12.6. The van der Waals surface area contributed by atoms with Crippen LogP contribution < -0.4 is 4.90 Å². The largest absolute Gasteiger partial charge is 0.344 e. The Morgan fingerprint density at radius 3 is 2.11 bits per heavy atom. The second-order valence-electron chi connectivity index (χ2n) is 4.00. The van der Waals surface area contributed by atoms with Crippen molar-refractivity contribution in [3.05, 3.63) is 85.1 Å². The number of hydrogen-bond donors (Lipinski definition) is 0. The van der Waals surface area contributed by atoms with E-state index in [-0.39, 0.29) is 0 Å². The Bertz CT molecular complexity index is 500. The van der Waals surface area contributed by atoms with Crippen molar-refractivity contribution in [3.63, 3.8) is 0 Å². The van der Waals surface area contributed by atoms with E-state index in [1.165, 1.54) is 11.3 Å². The van der Waals surface area contributed by atoms with Gasteiger partial charge in [0, 0.05) is 18.4 Å². The van der Waals surface area contributed by atoms with E-state index in [0.29, 0.717) is 0 Å². The molecular weight excluding hydrogens is 218 g/mol. The summed E-state index contributed by atoms with van der Waals surface area (Å²) in [4.78, 5) is 2.17. The molecule has 1 heteroatoms. The van der Waals surface area contributed by atoms with Crippen LogP contribution in [0.4, 0.5) is 5.69 Å². The summed E-state index contributed by atoms with van der Waals surface area (Å²) >= 11 is 0. The van der Waals surface area contributed by atoms with E-state index in [0.717, 1.165) is 6.54 Å². The molecule has 0 aliphatic heterocycles. The molecule has 0 fully saturated rings. The molecule has 0 aromatic heterocycles. The Labute approximate surface area is 109 Å². The van der Waals surface area contributed by atoms with Gasteiger partial charge in [-0.15, -0.1) is 6.58 Å². The molecule has 0 atom stereocenters. The first-order valence-corrected chi connectivity index (χ1v) is 6.06. The van der Waals surface area contributed by atoms with Gasteiger partial charge in [0.2, 0.25) is 0 Å². The van der Waals surface area contributed by atoms with Crippen LogP contribution in [-0.4, -0.2) is 6.54 Å². The average molecular weight is 235 g/mol. The summed E-state index contributed by atoms with van der Waals surface area (Å²) in [5, 5.41) is 0. The van der Waals surface area contributed by atoms with Crippen LogP contribution in [0.2, 0.25) is 0 Å². The lowest BCUT2D eigenvalue weighted by Gasteiger charge is -2.18. The van der Waals surface area contributed by atoms with Crippen LogP contribution in [0.1, 0.15) is 5.56 Å². The normalized spacial score (nSPS) is 10.4. The Morgan fingerprint density at radius 2 is 1.50 bits per heavy atom. The first-order chi connectivity index (χ1) is 8.90. The van der Waals surface area contributed by atoms with Crippen molar-refractivity contribution in [1.29, 1.82) is 0 Å². The molecule has 0 unspecified atom stereocenters. The minimum absolute atomic E-state index is 0.799. The van der Waals surface area contributed by atoms with Crippen molar-refractivity contribution in [3.8, 4) is 0 Å². The molecule has 0 saturated heterocycles. The van der Waals surface area contributed by atoms with Gasteiger partial charge < -0.3 is 4.90 Å². The van der Waals surface area contributed by atoms with Gasteiger partial charge in [-0.05, 0) is 23.8 Å². The molecule has 0 aliphatic carbocycles. The third-order valence-electron chi connectivity index (χ3n) is 2.66. The second-order valence-corrected chi connectivity index (χ2v) is 4.00. The highest BCUT2D eigenvalue weighted by Gasteiger charge is 1.98. The van der Waals surface area contributed by atoms with Crippen LogP contribution in [0.5, 0.6) is 0 Å². The van der Waals surface area contributed by atoms with E-state index < -0.39 is 0 Å². The fraction of sp³-hybridized carbons (Fsp3) is 0.0588. The molecule has 18 heavy (non-hydrogen) atoms. The van der Waals surface area contributed by atoms with Gasteiger partial charge in [-0.2, -0.15) is 0 Å². The number of benzene rings is 2. The van der Waals surface area contributed by atoms with Crippen LogP contribution in [0.3, 0.4) is 0 Å². The van der Waals surface area contributed by atoms with Crippen LogP contribution in [0.25, 0.3) is 6.08 Å². The number of hydrogen-bond acceptors (Lipinski definition) is 1. The summed E-state index contributed by atoms with van der Waals surface area (Å²) in [5.74, 6) is 0. The lowest BCUT2D eigenvalue weighted by molar-refractivity contribution is 1.10. The molecule has 1 nitrogen and oxygen atoms in total. The van der Waals surface area contributed by atoms with E-state index in [9.17, 15) is 0 Å². The Morgan fingerprint density at radius 1 is 0.889 bits per heavy atom. The van der Waals surface area contributed by atoms with Gasteiger partial charge in [0.05, 0.1) is 0 Å². The molecule has 0 saturated carbocycles. The van der Waals surface area contributed by atoms with Crippen LogP contribution in [0, 0.1) is 0 Å². The van der Waals surface area contributed by atoms with Crippen molar-refractivity contribution in [2.45, 2.75) is 0 Å². The minimum atomic E-state index is 0.799. The van der Waals surface area contributed by atoms with Crippen molar-refractivity contribution < 1.29 is 0 Å². The van der Waals surface area contributed by atoms with Crippen molar-refractivity contribution in [2.75, 3.05) is 11.4 Å². The number of nitrogens with zero attached hydrogens (tertiary/aromatic N) is 1. The van der Waals surface area contributed by atoms with Gasteiger partial charge >= 0.3 is 0 Å². The predicted octanol–water partition coefficient (Wildman–Crippen LogP) is 4.35. The monoisotopic (exact) mass is 235 g/mol. The van der Waals surface area contributed by atoms with Gasteiger partial charge in [0.15, 0.2) is 0 Å². The van der Waals surface area contributed by atoms with E-state index in [4.69, 9.17) is 0 Å². The number of para-hydroxylation sites is 1. The zero-order valence-corrected chi connectivity index (χ0v) is 10.4. The fourth-order valence-electron chi connectivity index (χ4n) is 1.75. The number of anilines is 1. The van der Waals surface area contributed by atoms with Crippen LogP contribution >= 0.6 is 0 Å². The van der Waals surface area contributed by atoms with Gasteiger partial charge in [-0.1, -0.05) is 54.6 Å². The van der Waals surface area contributed by atoms with Crippen molar-refractivity contribution in [1.82, 2.24) is 0 Å². The Kier molecular flexibility index (Phi) is 4.37. The highest BCUT2D eigenvalue weighted by Crippen LogP contribution is 2.14. The SMILES string of the molecule is C=CCN(C=Cc1ccccc1)c1ccccc1. The smallest absolute Gasteiger partial charge is 0.0409 e. The third kappa shape index (κ3) is 3.36. The lowest BCUT2D eigenvalue weighted by atomic mass is 10.2. The molecule has 0 bridgehead atoms. The molecule has 0 heterocycles. The molecule has 0 aliphatic rings. The third-order valence-corrected chi connectivity index (χ3v) is 2.66. The van der Waals surface area contributed by atoms with Crippen LogP contribution in [-0.2, 0) is 0 Å². The summed E-state index contributed by atoms with van der Waals surface area (Å²) in [6.45, 7) is 4.60. The van der Waals surface area contributed by atoms with Crippen LogP contribution in [0.15, 0.2) is 79.5 Å². The van der Waals surface area contributed by atoms with Crippen molar-refractivity contribution in [2.24, 2.45) is 0 Å². The molecule has 0 N–H and O–H groups in total. The first-order valence-electron chi connectivity index (χ1n) is 6.06. The van der Waals surface area contributed by atoms with Gasteiger partial charge in [-0.25, -0.2) is 0 Å². The maximum Gasteiger partial charge on any atom is 0.0409 e. The molecule has 0 spiro atoms.